The third-order valence-corrected chi connectivity index (χ3v) is 4.78. The fourth-order valence-electron chi connectivity index (χ4n) is 3.08. The van der Waals surface area contributed by atoms with Crippen LogP contribution in [0.25, 0.3) is 11.0 Å². The highest BCUT2D eigenvalue weighted by Gasteiger charge is 2.06. The number of hydrogen-bond acceptors (Lipinski definition) is 2. The third kappa shape index (κ3) is 4.51. The summed E-state index contributed by atoms with van der Waals surface area (Å²) in [5, 5.41) is 3.01. The molecule has 26 heavy (non-hydrogen) atoms. The van der Waals surface area contributed by atoms with Gasteiger partial charge in [-0.2, -0.15) is 0 Å². The van der Waals surface area contributed by atoms with E-state index in [-0.39, 0.29) is 5.91 Å². The largest absolute Gasteiger partial charge is 0.352 e. The van der Waals surface area contributed by atoms with Crippen molar-refractivity contribution in [2.24, 2.45) is 0 Å². The van der Waals surface area contributed by atoms with E-state index in [1.807, 2.05) is 6.07 Å². The van der Waals surface area contributed by atoms with Gasteiger partial charge in [0.1, 0.15) is 5.82 Å². The Morgan fingerprint density at radius 1 is 1.04 bits per heavy atom. The molecule has 0 spiro atoms. The Hall–Kier alpha value is -2.62. The number of hydrogen-bond donors (Lipinski definition) is 2. The first-order valence-corrected chi connectivity index (χ1v) is 9.35. The van der Waals surface area contributed by atoms with Gasteiger partial charge in [0.2, 0.25) is 5.91 Å². The van der Waals surface area contributed by atoms with Gasteiger partial charge in [-0.15, -0.1) is 0 Å². The molecule has 1 aromatic heterocycles. The molecule has 3 aromatic rings. The Balaban J connectivity index is 1.53. The second kappa shape index (κ2) is 8.17. The second-order valence-electron chi connectivity index (χ2n) is 6.98. The van der Waals surface area contributed by atoms with E-state index in [4.69, 9.17) is 0 Å². The number of aryl methyl sites for hydroxylation is 4. The normalized spacial score (nSPS) is 11.0. The number of amides is 1. The summed E-state index contributed by atoms with van der Waals surface area (Å²) in [5.74, 6) is 1.12. The van der Waals surface area contributed by atoms with Gasteiger partial charge in [-0.1, -0.05) is 31.2 Å². The van der Waals surface area contributed by atoms with Crippen molar-refractivity contribution in [3.63, 3.8) is 0 Å². The highest BCUT2D eigenvalue weighted by Crippen LogP contribution is 2.16. The Kier molecular flexibility index (Phi) is 5.71. The van der Waals surface area contributed by atoms with E-state index in [1.54, 1.807) is 0 Å². The summed E-state index contributed by atoms with van der Waals surface area (Å²) < 4.78 is 0. The van der Waals surface area contributed by atoms with Gasteiger partial charge in [-0.05, 0) is 61.1 Å². The Bertz CT molecular complexity index is 911. The number of aromatic nitrogens is 2. The minimum absolute atomic E-state index is 0.0830. The highest BCUT2D eigenvalue weighted by molar-refractivity contribution is 5.78. The molecule has 1 heterocycles. The lowest BCUT2D eigenvalue weighted by Gasteiger charge is -2.08. The molecule has 0 fully saturated rings. The molecule has 4 heteroatoms. The smallest absolute Gasteiger partial charge is 0.220 e. The van der Waals surface area contributed by atoms with Gasteiger partial charge in [-0.25, -0.2) is 4.98 Å². The van der Waals surface area contributed by atoms with Gasteiger partial charge in [-0.3, -0.25) is 4.79 Å². The summed E-state index contributed by atoms with van der Waals surface area (Å²) in [6, 6.07) is 12.5. The number of carbonyl (C=O) groups excluding carboxylic acids is 1. The van der Waals surface area contributed by atoms with E-state index in [9.17, 15) is 4.79 Å². The second-order valence-corrected chi connectivity index (χ2v) is 6.98. The van der Waals surface area contributed by atoms with Crippen molar-refractivity contribution in [1.29, 1.82) is 0 Å². The highest BCUT2D eigenvalue weighted by atomic mass is 16.1. The van der Waals surface area contributed by atoms with Crippen LogP contribution in [0.2, 0.25) is 0 Å². The van der Waals surface area contributed by atoms with Gasteiger partial charge in [0.25, 0.3) is 0 Å². The third-order valence-electron chi connectivity index (χ3n) is 4.78. The molecule has 0 aliphatic heterocycles. The lowest BCUT2D eigenvalue weighted by atomic mass is 10.1. The number of fused-ring (bicyclic) bond motifs is 1. The van der Waals surface area contributed by atoms with E-state index < -0.39 is 0 Å². The molecular weight excluding hydrogens is 322 g/mol. The van der Waals surface area contributed by atoms with Crippen molar-refractivity contribution in [3.8, 4) is 0 Å². The topological polar surface area (TPSA) is 57.8 Å². The summed E-state index contributed by atoms with van der Waals surface area (Å²) >= 11 is 0. The molecule has 0 aliphatic carbocycles. The van der Waals surface area contributed by atoms with E-state index in [0.29, 0.717) is 13.0 Å². The van der Waals surface area contributed by atoms with Crippen LogP contribution < -0.4 is 5.32 Å². The van der Waals surface area contributed by atoms with E-state index >= 15 is 0 Å². The zero-order valence-electron chi connectivity index (χ0n) is 15.9. The number of aromatic amines is 1. The van der Waals surface area contributed by atoms with E-state index in [0.717, 1.165) is 47.2 Å². The van der Waals surface area contributed by atoms with Gasteiger partial charge in [0.15, 0.2) is 0 Å². The lowest BCUT2D eigenvalue weighted by molar-refractivity contribution is -0.121. The van der Waals surface area contributed by atoms with Crippen LogP contribution in [0.5, 0.6) is 0 Å². The first kappa shape index (κ1) is 18.2. The summed E-state index contributed by atoms with van der Waals surface area (Å²) in [6.45, 7) is 6.92. The molecule has 0 radical (unpaired) electrons. The minimum Gasteiger partial charge on any atom is -0.352 e. The van der Waals surface area contributed by atoms with Gasteiger partial charge in [0.05, 0.1) is 11.0 Å². The molecule has 2 N–H and O–H groups in total. The zero-order valence-corrected chi connectivity index (χ0v) is 15.9. The molecule has 0 bridgehead atoms. The Labute approximate surface area is 155 Å². The van der Waals surface area contributed by atoms with Crippen molar-refractivity contribution in [3.05, 3.63) is 64.5 Å². The minimum atomic E-state index is 0.0830. The van der Waals surface area contributed by atoms with Crippen molar-refractivity contribution in [2.75, 3.05) is 0 Å². The number of H-pyrrole nitrogens is 1. The predicted molar refractivity (Wildman–Crippen MR) is 106 cm³/mol. The maximum Gasteiger partial charge on any atom is 0.220 e. The predicted octanol–water partition coefficient (Wildman–Crippen LogP) is 4.38. The molecule has 2 aromatic carbocycles. The van der Waals surface area contributed by atoms with Crippen LogP contribution in [0.1, 0.15) is 47.8 Å². The number of benzene rings is 2. The number of carbonyl (C=O) groups is 1. The number of rotatable bonds is 7. The fraction of sp³-hybridized carbons (Fsp3) is 0.364. The maximum absolute atomic E-state index is 12.2. The first-order valence-electron chi connectivity index (χ1n) is 9.35. The van der Waals surface area contributed by atoms with Gasteiger partial charge in [0, 0.05) is 19.4 Å². The van der Waals surface area contributed by atoms with Crippen LogP contribution in [0.15, 0.2) is 36.4 Å². The molecule has 4 nitrogen and oxygen atoms in total. The number of imidazole rings is 1. The van der Waals surface area contributed by atoms with Crippen LogP contribution in [0.3, 0.4) is 0 Å². The quantitative estimate of drug-likeness (QED) is 0.665. The van der Waals surface area contributed by atoms with E-state index in [2.05, 4.69) is 66.4 Å². The average Bonchev–Trinajstić information content (AvgIpc) is 3.03. The molecule has 136 valence electrons. The molecule has 0 aliphatic rings. The maximum atomic E-state index is 12.2. The summed E-state index contributed by atoms with van der Waals surface area (Å²) in [6.07, 6.45) is 3.27. The molecule has 1 amide bonds. The van der Waals surface area contributed by atoms with Crippen molar-refractivity contribution in [1.82, 2.24) is 15.3 Å². The standard InChI is InChI=1S/C22H27N3O/c1-4-5-21-24-19-10-8-17(13-20(19)25-21)9-11-22(26)23-14-18-7-6-15(2)16(3)12-18/h6-8,10,12-13H,4-5,9,11,14H2,1-3H3,(H,23,26)(H,24,25). The molecule has 0 unspecified atom stereocenters. The van der Waals surface area contributed by atoms with Gasteiger partial charge >= 0.3 is 0 Å². The molecule has 0 atom stereocenters. The Morgan fingerprint density at radius 2 is 1.85 bits per heavy atom. The number of nitrogens with zero attached hydrogens (tertiary/aromatic N) is 1. The van der Waals surface area contributed by atoms with Crippen molar-refractivity contribution < 1.29 is 4.79 Å². The average molecular weight is 349 g/mol. The lowest BCUT2D eigenvalue weighted by Crippen LogP contribution is -2.23. The fourth-order valence-corrected chi connectivity index (χ4v) is 3.08. The molecule has 3 rings (SSSR count). The van der Waals surface area contributed by atoms with E-state index in [1.165, 1.54) is 11.1 Å². The monoisotopic (exact) mass is 349 g/mol. The van der Waals surface area contributed by atoms with Crippen LogP contribution in [-0.4, -0.2) is 15.9 Å². The molecule has 0 saturated heterocycles. The van der Waals surface area contributed by atoms with Gasteiger partial charge < -0.3 is 10.3 Å². The Morgan fingerprint density at radius 3 is 2.62 bits per heavy atom. The first-order chi connectivity index (χ1) is 12.5. The van der Waals surface area contributed by atoms with Crippen molar-refractivity contribution in [2.45, 2.75) is 53.0 Å². The molecule has 0 saturated carbocycles. The number of nitrogens with one attached hydrogen (secondary N) is 2. The van der Waals surface area contributed by atoms with Crippen LogP contribution in [0, 0.1) is 13.8 Å². The van der Waals surface area contributed by atoms with Crippen LogP contribution in [-0.2, 0) is 24.2 Å². The summed E-state index contributed by atoms with van der Waals surface area (Å²) in [4.78, 5) is 20.1. The molecular formula is C22H27N3O. The van der Waals surface area contributed by atoms with Crippen LogP contribution in [0.4, 0.5) is 0 Å². The summed E-state index contributed by atoms with van der Waals surface area (Å²) in [5.41, 5.74) is 6.88. The SMILES string of the molecule is CCCc1nc2ccc(CCC(=O)NCc3ccc(C)c(C)c3)cc2[nH]1. The summed E-state index contributed by atoms with van der Waals surface area (Å²) in [7, 11) is 0. The van der Waals surface area contributed by atoms with Crippen molar-refractivity contribution >= 4 is 16.9 Å². The zero-order chi connectivity index (χ0) is 18.5. The van der Waals surface area contributed by atoms with Crippen LogP contribution >= 0.6 is 0 Å².